The van der Waals surface area contributed by atoms with Gasteiger partial charge < -0.3 is 4.74 Å². The maximum absolute atomic E-state index is 12.5. The summed E-state index contributed by atoms with van der Waals surface area (Å²) in [6, 6.07) is 13.6. The quantitative estimate of drug-likeness (QED) is 0.641. The third kappa shape index (κ3) is 4.54. The first-order chi connectivity index (χ1) is 12.8. The number of ether oxygens (including phenoxy) is 1. The number of carbonyl (C=O) groups excluding carboxylic acids is 1. The van der Waals surface area contributed by atoms with E-state index in [0.29, 0.717) is 13.0 Å². The molecule has 144 valence electrons. The fourth-order valence-electron chi connectivity index (χ4n) is 3.25. The van der Waals surface area contributed by atoms with Crippen LogP contribution in [0.3, 0.4) is 0 Å². The average Bonchev–Trinajstić information content (AvgIpc) is 2.83. The summed E-state index contributed by atoms with van der Waals surface area (Å²) in [7, 11) is 1.51. The lowest BCUT2D eigenvalue weighted by Gasteiger charge is -2.28. The molecule has 1 fully saturated rings. The molecule has 0 saturated carbocycles. The summed E-state index contributed by atoms with van der Waals surface area (Å²) in [4.78, 5) is 17.8. The molecule has 1 saturated heterocycles. The Morgan fingerprint density at radius 2 is 1.74 bits per heavy atom. The molecule has 0 aromatic heterocycles. The van der Waals surface area contributed by atoms with E-state index in [4.69, 9.17) is 9.57 Å². The van der Waals surface area contributed by atoms with Crippen LogP contribution in [0, 0.1) is 0 Å². The first-order valence-corrected chi connectivity index (χ1v) is 10.2. The van der Waals surface area contributed by atoms with E-state index < -0.39 is 5.66 Å². The molecule has 5 nitrogen and oxygen atoms in total. The van der Waals surface area contributed by atoms with Crippen LogP contribution >= 0.6 is 31.9 Å². The summed E-state index contributed by atoms with van der Waals surface area (Å²) in [6.07, 6.45) is 0.554. The van der Waals surface area contributed by atoms with Crippen molar-refractivity contribution in [2.75, 3.05) is 7.11 Å². The van der Waals surface area contributed by atoms with Crippen LogP contribution in [0.25, 0.3) is 0 Å². The van der Waals surface area contributed by atoms with E-state index in [-0.39, 0.29) is 11.9 Å². The molecular formula is C20H22Br2N2O3. The minimum Gasteiger partial charge on any atom is -0.487 e. The lowest BCUT2D eigenvalue weighted by Crippen LogP contribution is -2.46. The number of hydrogen-bond donors (Lipinski definition) is 1. The number of nitrogens with one attached hydrogen (secondary N) is 1. The number of rotatable bonds is 6. The number of hydroxylamine groups is 2. The van der Waals surface area contributed by atoms with E-state index in [9.17, 15) is 4.79 Å². The Bertz CT molecular complexity index is 804. The lowest BCUT2D eigenvalue weighted by atomic mass is 10.1. The molecule has 27 heavy (non-hydrogen) atoms. The van der Waals surface area contributed by atoms with Gasteiger partial charge in [0.2, 0.25) is 0 Å². The summed E-state index contributed by atoms with van der Waals surface area (Å²) >= 11 is 7.18. The Morgan fingerprint density at radius 3 is 2.30 bits per heavy atom. The van der Waals surface area contributed by atoms with E-state index in [1.165, 1.54) is 12.2 Å². The van der Waals surface area contributed by atoms with Gasteiger partial charge in [0.15, 0.2) is 0 Å². The number of benzene rings is 2. The van der Waals surface area contributed by atoms with Gasteiger partial charge in [0, 0.05) is 0 Å². The van der Waals surface area contributed by atoms with Gasteiger partial charge in [-0.3, -0.25) is 14.9 Å². The second kappa shape index (κ2) is 8.31. The third-order valence-electron chi connectivity index (χ3n) is 4.44. The minimum absolute atomic E-state index is 0.0702. The number of amides is 1. The molecule has 1 N–H and O–H groups in total. The van der Waals surface area contributed by atoms with Gasteiger partial charge in [-0.1, -0.05) is 30.3 Å². The van der Waals surface area contributed by atoms with Crippen molar-refractivity contribution < 1.29 is 14.4 Å². The van der Waals surface area contributed by atoms with E-state index >= 15 is 0 Å². The van der Waals surface area contributed by atoms with Crippen molar-refractivity contribution in [3.05, 3.63) is 62.5 Å². The fraction of sp³-hybridized carbons (Fsp3) is 0.350. The van der Waals surface area contributed by atoms with Crippen LogP contribution in [0.1, 0.15) is 25.0 Å². The Morgan fingerprint density at radius 1 is 1.11 bits per heavy atom. The molecule has 0 spiro atoms. The minimum atomic E-state index is -0.538. The maximum Gasteiger partial charge on any atom is 0.265 e. The van der Waals surface area contributed by atoms with Crippen molar-refractivity contribution in [2.45, 2.75) is 38.6 Å². The van der Waals surface area contributed by atoms with Crippen molar-refractivity contribution in [3.8, 4) is 5.75 Å². The smallest absolute Gasteiger partial charge is 0.265 e. The molecule has 0 bridgehead atoms. The molecule has 0 unspecified atom stereocenters. The normalized spacial score (nSPS) is 18.8. The molecule has 1 aliphatic heterocycles. The van der Waals surface area contributed by atoms with Crippen LogP contribution < -0.4 is 10.1 Å². The molecule has 1 amide bonds. The van der Waals surface area contributed by atoms with Gasteiger partial charge in [-0.25, -0.2) is 5.06 Å². The topological polar surface area (TPSA) is 50.8 Å². The number of halogens is 2. The van der Waals surface area contributed by atoms with Gasteiger partial charge in [0.1, 0.15) is 18.0 Å². The monoisotopic (exact) mass is 496 g/mol. The summed E-state index contributed by atoms with van der Waals surface area (Å²) in [5.41, 5.74) is 1.58. The van der Waals surface area contributed by atoms with Crippen LogP contribution in [0.4, 0.5) is 0 Å². The van der Waals surface area contributed by atoms with Crippen LogP contribution in [0.5, 0.6) is 5.75 Å². The van der Waals surface area contributed by atoms with Gasteiger partial charge in [0.05, 0.1) is 22.1 Å². The van der Waals surface area contributed by atoms with Gasteiger partial charge in [0.25, 0.3) is 5.91 Å². The first kappa shape index (κ1) is 20.3. The Kier molecular flexibility index (Phi) is 6.25. The van der Waals surface area contributed by atoms with Crippen molar-refractivity contribution >= 4 is 37.8 Å². The third-order valence-corrected chi connectivity index (χ3v) is 5.62. The highest BCUT2D eigenvalue weighted by atomic mass is 79.9. The number of hydrogen-bond acceptors (Lipinski definition) is 4. The standard InChI is InChI=1S/C20H22Br2N2O3/c1-20(2)23-17(19(25)24(20)26-3)11-14-9-15(21)18(16(22)10-14)27-12-13-7-5-4-6-8-13/h4-10,17,23H,11-12H2,1-3H3/t17-/m0/s1. The Hall–Kier alpha value is -1.41. The van der Waals surface area contributed by atoms with Crippen LogP contribution in [0.15, 0.2) is 51.4 Å². The van der Waals surface area contributed by atoms with Crippen molar-refractivity contribution in [1.82, 2.24) is 10.4 Å². The molecule has 2 aromatic carbocycles. The highest BCUT2D eigenvalue weighted by Gasteiger charge is 2.45. The summed E-state index contributed by atoms with van der Waals surface area (Å²) in [5.74, 6) is 0.673. The predicted octanol–water partition coefficient (Wildman–Crippen LogP) is 4.43. The largest absolute Gasteiger partial charge is 0.487 e. The highest BCUT2D eigenvalue weighted by Crippen LogP contribution is 2.36. The number of carbonyl (C=O) groups is 1. The van der Waals surface area contributed by atoms with Gasteiger partial charge >= 0.3 is 0 Å². The van der Waals surface area contributed by atoms with E-state index in [1.54, 1.807) is 0 Å². The second-order valence-electron chi connectivity index (χ2n) is 6.94. The Labute approximate surface area is 176 Å². The summed E-state index contributed by atoms with van der Waals surface area (Å²) < 4.78 is 7.65. The lowest BCUT2D eigenvalue weighted by molar-refractivity contribution is -0.192. The zero-order chi connectivity index (χ0) is 19.6. The van der Waals surface area contributed by atoms with Gasteiger partial charge in [-0.05, 0) is 75.4 Å². The van der Waals surface area contributed by atoms with Crippen molar-refractivity contribution in [3.63, 3.8) is 0 Å². The SMILES string of the molecule is CON1C(=O)[C@H](Cc2cc(Br)c(OCc3ccccc3)c(Br)c2)NC1(C)C. The molecule has 7 heteroatoms. The van der Waals surface area contributed by atoms with E-state index in [0.717, 1.165) is 25.8 Å². The zero-order valence-corrected chi connectivity index (χ0v) is 18.6. The summed E-state index contributed by atoms with van der Waals surface area (Å²) in [6.45, 7) is 4.32. The van der Waals surface area contributed by atoms with Gasteiger partial charge in [-0.15, -0.1) is 0 Å². The van der Waals surface area contributed by atoms with Crippen molar-refractivity contribution in [1.29, 1.82) is 0 Å². The van der Waals surface area contributed by atoms with E-state index in [2.05, 4.69) is 37.2 Å². The zero-order valence-electron chi connectivity index (χ0n) is 15.5. The van der Waals surface area contributed by atoms with Gasteiger partial charge in [-0.2, -0.15) is 0 Å². The number of nitrogens with zero attached hydrogens (tertiary/aromatic N) is 1. The molecule has 3 rings (SSSR count). The van der Waals surface area contributed by atoms with Crippen LogP contribution in [0.2, 0.25) is 0 Å². The van der Waals surface area contributed by atoms with E-state index in [1.807, 2.05) is 56.3 Å². The predicted molar refractivity (Wildman–Crippen MR) is 111 cm³/mol. The highest BCUT2D eigenvalue weighted by molar-refractivity contribution is 9.11. The van der Waals surface area contributed by atoms with Crippen LogP contribution in [-0.4, -0.2) is 29.8 Å². The molecule has 1 heterocycles. The molecule has 0 aliphatic carbocycles. The van der Waals surface area contributed by atoms with Crippen molar-refractivity contribution in [2.24, 2.45) is 0 Å². The summed E-state index contributed by atoms with van der Waals surface area (Å²) in [5, 5.41) is 4.71. The molecule has 1 atom stereocenters. The molecule has 1 aliphatic rings. The van der Waals surface area contributed by atoms with Crippen LogP contribution in [-0.2, 0) is 22.7 Å². The molecule has 2 aromatic rings. The molecule has 0 radical (unpaired) electrons. The Balaban J connectivity index is 1.72. The fourth-order valence-corrected chi connectivity index (χ4v) is 4.76. The second-order valence-corrected chi connectivity index (χ2v) is 8.65. The average molecular weight is 498 g/mol. The maximum atomic E-state index is 12.5. The first-order valence-electron chi connectivity index (χ1n) is 8.62. The molecular weight excluding hydrogens is 476 g/mol.